The summed E-state index contributed by atoms with van der Waals surface area (Å²) in [5.74, 6) is -0.395. The number of aryl methyl sites for hydroxylation is 1. The molecule has 1 saturated heterocycles. The highest BCUT2D eigenvalue weighted by atomic mass is 35.5. The van der Waals surface area contributed by atoms with Gasteiger partial charge in [-0.3, -0.25) is 4.79 Å². The smallest absolute Gasteiger partial charge is 0.368 e. The molecule has 1 aliphatic heterocycles. The van der Waals surface area contributed by atoms with Gasteiger partial charge in [0, 0.05) is 42.5 Å². The summed E-state index contributed by atoms with van der Waals surface area (Å²) in [7, 11) is 0. The summed E-state index contributed by atoms with van der Waals surface area (Å²) >= 11 is 6.15. The molecule has 10 heteroatoms. The van der Waals surface area contributed by atoms with Crippen molar-refractivity contribution in [3.63, 3.8) is 0 Å². The zero-order valence-corrected chi connectivity index (χ0v) is 19.5. The van der Waals surface area contributed by atoms with Crippen LogP contribution in [0.25, 0.3) is 16.9 Å². The molecule has 0 spiro atoms. The van der Waals surface area contributed by atoms with Crippen LogP contribution in [0.5, 0.6) is 0 Å². The van der Waals surface area contributed by atoms with E-state index in [2.05, 4.69) is 15.0 Å². The van der Waals surface area contributed by atoms with Crippen molar-refractivity contribution in [1.29, 1.82) is 0 Å². The normalized spacial score (nSPS) is 14.5. The van der Waals surface area contributed by atoms with Gasteiger partial charge in [-0.25, -0.2) is 9.50 Å². The third kappa shape index (κ3) is 4.43. The van der Waals surface area contributed by atoms with Crippen LogP contribution in [0.4, 0.5) is 18.9 Å². The molecule has 0 N–H and O–H groups in total. The first-order valence-electron chi connectivity index (χ1n) is 11.0. The van der Waals surface area contributed by atoms with Crippen LogP contribution in [0, 0.1) is 6.92 Å². The van der Waals surface area contributed by atoms with Crippen LogP contribution in [0.15, 0.2) is 60.8 Å². The minimum atomic E-state index is -4.67. The van der Waals surface area contributed by atoms with Gasteiger partial charge in [-0.1, -0.05) is 48.0 Å². The number of benzene rings is 2. The van der Waals surface area contributed by atoms with Crippen molar-refractivity contribution in [1.82, 2.24) is 19.5 Å². The Morgan fingerprint density at radius 2 is 1.71 bits per heavy atom. The Morgan fingerprint density at radius 3 is 2.40 bits per heavy atom. The number of amides is 1. The fraction of sp³-hybridized carbons (Fsp3) is 0.240. The van der Waals surface area contributed by atoms with E-state index in [9.17, 15) is 18.0 Å². The van der Waals surface area contributed by atoms with Crippen LogP contribution in [0.3, 0.4) is 0 Å². The molecule has 1 amide bonds. The predicted molar refractivity (Wildman–Crippen MR) is 128 cm³/mol. The maximum absolute atomic E-state index is 13.8. The van der Waals surface area contributed by atoms with Gasteiger partial charge in [0.15, 0.2) is 11.3 Å². The molecule has 2 aromatic carbocycles. The molecule has 0 saturated carbocycles. The third-order valence-electron chi connectivity index (χ3n) is 6.14. The summed E-state index contributed by atoms with van der Waals surface area (Å²) in [4.78, 5) is 21.5. The molecule has 180 valence electrons. The average molecular weight is 500 g/mol. The van der Waals surface area contributed by atoms with Gasteiger partial charge in [-0.05, 0) is 30.7 Å². The number of hydrogen-bond donors (Lipinski definition) is 0. The van der Waals surface area contributed by atoms with Crippen molar-refractivity contribution in [3.05, 3.63) is 82.6 Å². The van der Waals surface area contributed by atoms with Crippen LogP contribution in [0.1, 0.15) is 21.6 Å². The first-order valence-corrected chi connectivity index (χ1v) is 11.4. The largest absolute Gasteiger partial charge is 0.433 e. The fourth-order valence-electron chi connectivity index (χ4n) is 4.32. The van der Waals surface area contributed by atoms with Gasteiger partial charge < -0.3 is 9.80 Å². The number of rotatable bonds is 3. The van der Waals surface area contributed by atoms with Crippen molar-refractivity contribution in [2.45, 2.75) is 13.1 Å². The summed E-state index contributed by atoms with van der Waals surface area (Å²) in [6, 6.07) is 15.2. The van der Waals surface area contributed by atoms with Gasteiger partial charge in [0.25, 0.3) is 5.91 Å². The molecule has 4 aromatic rings. The highest BCUT2D eigenvalue weighted by Gasteiger charge is 2.36. The van der Waals surface area contributed by atoms with Gasteiger partial charge in [0.1, 0.15) is 5.56 Å². The Kier molecular flexibility index (Phi) is 5.88. The Balaban J connectivity index is 1.46. The van der Waals surface area contributed by atoms with E-state index in [-0.39, 0.29) is 16.9 Å². The van der Waals surface area contributed by atoms with Crippen LogP contribution in [-0.4, -0.2) is 51.6 Å². The lowest BCUT2D eigenvalue weighted by molar-refractivity contribution is -0.142. The monoisotopic (exact) mass is 499 g/mol. The van der Waals surface area contributed by atoms with Gasteiger partial charge in [0.05, 0.1) is 11.9 Å². The topological polar surface area (TPSA) is 53.7 Å². The van der Waals surface area contributed by atoms with E-state index in [0.717, 1.165) is 17.3 Å². The second-order valence-electron chi connectivity index (χ2n) is 8.39. The molecule has 2 aromatic heterocycles. The van der Waals surface area contributed by atoms with E-state index in [1.165, 1.54) is 6.20 Å². The Hall–Kier alpha value is -3.59. The Morgan fingerprint density at radius 1 is 1.00 bits per heavy atom. The van der Waals surface area contributed by atoms with Crippen LogP contribution in [0.2, 0.25) is 5.02 Å². The highest BCUT2D eigenvalue weighted by Crippen LogP contribution is 2.33. The molecule has 0 unspecified atom stereocenters. The second-order valence-corrected chi connectivity index (χ2v) is 8.83. The lowest BCUT2D eigenvalue weighted by Gasteiger charge is -2.36. The van der Waals surface area contributed by atoms with Gasteiger partial charge in [-0.15, -0.1) is 0 Å². The molecule has 5 rings (SSSR count). The first-order chi connectivity index (χ1) is 16.7. The first kappa shape index (κ1) is 23.2. The number of aromatic nitrogens is 3. The number of alkyl halides is 3. The summed E-state index contributed by atoms with van der Waals surface area (Å²) in [5, 5.41) is 4.52. The maximum Gasteiger partial charge on any atom is 0.433 e. The minimum absolute atomic E-state index is 0.0423. The molecule has 1 fully saturated rings. The third-order valence-corrected chi connectivity index (χ3v) is 6.38. The molecular weight excluding hydrogens is 479 g/mol. The lowest BCUT2D eigenvalue weighted by atomic mass is 10.1. The number of anilines is 1. The van der Waals surface area contributed by atoms with Crippen LogP contribution < -0.4 is 4.90 Å². The fourth-order valence-corrected chi connectivity index (χ4v) is 4.48. The Bertz CT molecular complexity index is 1400. The highest BCUT2D eigenvalue weighted by molar-refractivity contribution is 6.30. The quantitative estimate of drug-likeness (QED) is 0.382. The molecule has 0 aliphatic carbocycles. The SMILES string of the molecule is Cc1ccc(Cl)cc1N1CCN(C(=O)c2cnn3c(C(F)(F)F)cc(-c4ccccc4)nc23)CC1. The summed E-state index contributed by atoms with van der Waals surface area (Å²) in [5.41, 5.74) is 1.67. The minimum Gasteiger partial charge on any atom is -0.368 e. The zero-order chi connectivity index (χ0) is 24.7. The number of nitrogens with zero attached hydrogens (tertiary/aromatic N) is 5. The zero-order valence-electron chi connectivity index (χ0n) is 18.8. The molecule has 0 atom stereocenters. The van der Waals surface area contributed by atoms with Crippen molar-refractivity contribution in [2.24, 2.45) is 0 Å². The van der Waals surface area contributed by atoms with E-state index < -0.39 is 17.8 Å². The average Bonchev–Trinajstić information content (AvgIpc) is 3.28. The van der Waals surface area contributed by atoms with E-state index in [0.29, 0.717) is 41.3 Å². The van der Waals surface area contributed by atoms with Crippen molar-refractivity contribution in [3.8, 4) is 11.3 Å². The van der Waals surface area contributed by atoms with Crippen molar-refractivity contribution >= 4 is 28.8 Å². The number of carbonyl (C=O) groups excluding carboxylic acids is 1. The second kappa shape index (κ2) is 8.88. The van der Waals surface area contributed by atoms with E-state index in [1.807, 2.05) is 25.1 Å². The van der Waals surface area contributed by atoms with Gasteiger partial charge in [0.2, 0.25) is 0 Å². The Labute approximate surface area is 204 Å². The van der Waals surface area contributed by atoms with Crippen molar-refractivity contribution < 1.29 is 18.0 Å². The van der Waals surface area contributed by atoms with E-state index in [4.69, 9.17) is 11.6 Å². The standard InChI is InChI=1S/C25H21ClF3N5O/c1-16-7-8-18(26)13-21(16)32-9-11-33(12-10-32)24(35)19-15-30-34-22(25(27,28)29)14-20(31-23(19)34)17-5-3-2-4-6-17/h2-8,13-15H,9-12H2,1H3. The molecule has 35 heavy (non-hydrogen) atoms. The molecule has 6 nitrogen and oxygen atoms in total. The van der Waals surface area contributed by atoms with Gasteiger partial charge >= 0.3 is 6.18 Å². The summed E-state index contributed by atoms with van der Waals surface area (Å²) in [6.45, 7) is 3.96. The maximum atomic E-state index is 13.8. The number of halogens is 4. The number of hydrogen-bond acceptors (Lipinski definition) is 4. The summed E-state index contributed by atoms with van der Waals surface area (Å²) < 4.78 is 42.2. The predicted octanol–water partition coefficient (Wildman–Crippen LogP) is 5.34. The summed E-state index contributed by atoms with van der Waals surface area (Å²) in [6.07, 6.45) is -3.50. The molecular formula is C25H21ClF3N5O. The molecule has 1 aliphatic rings. The molecule has 0 radical (unpaired) electrons. The van der Waals surface area contributed by atoms with Gasteiger partial charge in [-0.2, -0.15) is 18.3 Å². The number of fused-ring (bicyclic) bond motifs is 1. The number of carbonyl (C=O) groups is 1. The van der Waals surface area contributed by atoms with E-state index in [1.54, 1.807) is 35.2 Å². The van der Waals surface area contributed by atoms with Crippen molar-refractivity contribution in [2.75, 3.05) is 31.1 Å². The lowest BCUT2D eigenvalue weighted by Crippen LogP contribution is -2.49. The van der Waals surface area contributed by atoms with Crippen LogP contribution >= 0.6 is 11.6 Å². The molecule has 0 bridgehead atoms. The molecule has 3 heterocycles. The number of piperazine rings is 1. The van der Waals surface area contributed by atoms with Crippen LogP contribution in [-0.2, 0) is 6.18 Å². The van der Waals surface area contributed by atoms with E-state index >= 15 is 0 Å².